The van der Waals surface area contributed by atoms with Gasteiger partial charge in [0.05, 0.1) is 13.2 Å². The molecule has 4 heteroatoms. The predicted molar refractivity (Wildman–Crippen MR) is 93.7 cm³/mol. The number of rotatable bonds is 12. The maximum absolute atomic E-state index is 8.72. The fraction of sp³-hybridized carbons (Fsp3) is 0.667. The van der Waals surface area contributed by atoms with Crippen LogP contribution in [-0.4, -0.2) is 54.0 Å². The summed E-state index contributed by atoms with van der Waals surface area (Å²) in [4.78, 5) is 11.1. The lowest BCUT2D eigenvalue weighted by Crippen LogP contribution is -2.23. The van der Waals surface area contributed by atoms with Crippen LogP contribution in [0.1, 0.15) is 50.8 Å². The Kier molecular flexibility index (Phi) is 10.5. The highest BCUT2D eigenvalue weighted by Crippen LogP contribution is 2.08. The Morgan fingerprint density at radius 2 is 1.95 bits per heavy atom. The van der Waals surface area contributed by atoms with Gasteiger partial charge in [-0.3, -0.25) is 9.98 Å². The lowest BCUT2D eigenvalue weighted by atomic mass is 10.1. The first kappa shape index (κ1) is 18.8. The average Bonchev–Trinajstić information content (AvgIpc) is 2.55. The zero-order chi connectivity index (χ0) is 16.0. The molecule has 0 saturated carbocycles. The first-order chi connectivity index (χ1) is 10.8. The summed E-state index contributed by atoms with van der Waals surface area (Å²) >= 11 is 0. The number of aliphatic imine (C=N–C) groups is 1. The van der Waals surface area contributed by atoms with Crippen molar-refractivity contribution in [2.75, 3.05) is 32.8 Å². The molecule has 0 radical (unpaired) electrons. The van der Waals surface area contributed by atoms with Gasteiger partial charge >= 0.3 is 0 Å². The van der Waals surface area contributed by atoms with Crippen LogP contribution >= 0.6 is 0 Å². The molecule has 1 aromatic heterocycles. The molecule has 1 N–H and O–H groups in total. The van der Waals surface area contributed by atoms with E-state index in [2.05, 4.69) is 34.8 Å². The monoisotopic (exact) mass is 305 g/mol. The van der Waals surface area contributed by atoms with Crippen molar-refractivity contribution in [1.29, 1.82) is 0 Å². The summed E-state index contributed by atoms with van der Waals surface area (Å²) < 4.78 is 0. The van der Waals surface area contributed by atoms with Crippen molar-refractivity contribution in [2.45, 2.75) is 46.0 Å². The maximum atomic E-state index is 8.72. The van der Waals surface area contributed by atoms with Gasteiger partial charge in [-0.15, -0.1) is 0 Å². The number of pyridine rings is 1. The smallest absolute Gasteiger partial charge is 0.0626 e. The van der Waals surface area contributed by atoms with E-state index in [0.717, 1.165) is 30.8 Å². The average molecular weight is 305 g/mol. The van der Waals surface area contributed by atoms with E-state index in [1.165, 1.54) is 32.2 Å². The van der Waals surface area contributed by atoms with Crippen LogP contribution in [0.3, 0.4) is 0 Å². The third kappa shape index (κ3) is 8.25. The highest BCUT2D eigenvalue weighted by Gasteiger charge is 1.99. The van der Waals surface area contributed by atoms with Crippen LogP contribution < -0.4 is 0 Å². The van der Waals surface area contributed by atoms with Crippen LogP contribution in [0, 0.1) is 0 Å². The molecule has 4 nitrogen and oxygen atoms in total. The molecule has 0 atom stereocenters. The van der Waals surface area contributed by atoms with Gasteiger partial charge in [0.1, 0.15) is 0 Å². The molecule has 0 aliphatic rings. The van der Waals surface area contributed by atoms with Crippen molar-refractivity contribution in [2.24, 2.45) is 4.99 Å². The van der Waals surface area contributed by atoms with Gasteiger partial charge in [-0.25, -0.2) is 0 Å². The highest BCUT2D eigenvalue weighted by atomic mass is 16.3. The normalized spacial score (nSPS) is 11.6. The summed E-state index contributed by atoms with van der Waals surface area (Å²) in [6, 6.07) is 4.05. The van der Waals surface area contributed by atoms with Crippen molar-refractivity contribution in [3.63, 3.8) is 0 Å². The van der Waals surface area contributed by atoms with E-state index in [-0.39, 0.29) is 6.61 Å². The van der Waals surface area contributed by atoms with Crippen LogP contribution in [0.2, 0.25) is 0 Å². The Morgan fingerprint density at radius 3 is 2.68 bits per heavy atom. The molecule has 0 bridgehead atoms. The van der Waals surface area contributed by atoms with E-state index in [0.29, 0.717) is 6.54 Å². The second-order valence-electron chi connectivity index (χ2n) is 5.53. The van der Waals surface area contributed by atoms with E-state index in [1.54, 1.807) is 0 Å². The van der Waals surface area contributed by atoms with Crippen LogP contribution in [0.4, 0.5) is 0 Å². The molecule has 0 aliphatic heterocycles. The van der Waals surface area contributed by atoms with E-state index < -0.39 is 0 Å². The number of nitrogens with zero attached hydrogens (tertiary/aromatic N) is 3. The SMILES string of the molecule is CCN(CC)CCCCCCc1cc(C=NCCO)ccn1. The van der Waals surface area contributed by atoms with Crippen LogP contribution in [0.5, 0.6) is 0 Å². The standard InChI is InChI=1S/C18H31N3O/c1-3-21(4-2)13-8-6-5-7-9-18-15-17(10-11-20-18)16-19-12-14-22/h10-11,15-16,22H,3-9,12-14H2,1-2H3. The summed E-state index contributed by atoms with van der Waals surface area (Å²) in [5.74, 6) is 0. The van der Waals surface area contributed by atoms with Crippen LogP contribution in [-0.2, 0) is 6.42 Å². The van der Waals surface area contributed by atoms with Crippen LogP contribution in [0.25, 0.3) is 0 Å². The zero-order valence-electron chi connectivity index (χ0n) is 14.2. The first-order valence-corrected chi connectivity index (χ1v) is 8.58. The number of aryl methyl sites for hydroxylation is 1. The largest absolute Gasteiger partial charge is 0.394 e. The molecule has 0 aliphatic carbocycles. The molecule has 0 spiro atoms. The molecule has 1 heterocycles. The van der Waals surface area contributed by atoms with Crippen molar-refractivity contribution in [1.82, 2.24) is 9.88 Å². The van der Waals surface area contributed by atoms with E-state index in [9.17, 15) is 0 Å². The minimum Gasteiger partial charge on any atom is -0.394 e. The molecule has 0 saturated heterocycles. The number of aliphatic hydroxyl groups is 1. The number of hydrogen-bond acceptors (Lipinski definition) is 4. The minimum absolute atomic E-state index is 0.0991. The van der Waals surface area contributed by atoms with Gasteiger partial charge in [0.2, 0.25) is 0 Å². The lowest BCUT2D eigenvalue weighted by molar-refractivity contribution is 0.295. The second-order valence-corrected chi connectivity index (χ2v) is 5.53. The maximum Gasteiger partial charge on any atom is 0.0626 e. The molecule has 1 rings (SSSR count). The molecule has 0 aromatic carbocycles. The molecule has 124 valence electrons. The van der Waals surface area contributed by atoms with Crippen molar-refractivity contribution in [3.8, 4) is 0 Å². The van der Waals surface area contributed by atoms with Gasteiger partial charge in [0.15, 0.2) is 0 Å². The molecule has 0 unspecified atom stereocenters. The quantitative estimate of drug-likeness (QED) is 0.477. The van der Waals surface area contributed by atoms with Gasteiger partial charge in [-0.05, 0) is 56.6 Å². The Labute approximate surface area is 135 Å². The predicted octanol–water partition coefficient (Wildman–Crippen LogP) is 2.94. The topological polar surface area (TPSA) is 48.7 Å². The number of aliphatic hydroxyl groups excluding tert-OH is 1. The summed E-state index contributed by atoms with van der Waals surface area (Å²) in [5.41, 5.74) is 2.21. The van der Waals surface area contributed by atoms with Crippen molar-refractivity contribution >= 4 is 6.21 Å². The second kappa shape index (κ2) is 12.3. The number of hydrogen-bond donors (Lipinski definition) is 1. The molecule has 1 aromatic rings. The third-order valence-corrected chi connectivity index (χ3v) is 3.86. The number of aromatic nitrogens is 1. The van der Waals surface area contributed by atoms with Gasteiger partial charge < -0.3 is 10.0 Å². The molecule has 0 fully saturated rings. The number of unbranched alkanes of at least 4 members (excludes halogenated alkanes) is 3. The van der Waals surface area contributed by atoms with Gasteiger partial charge in [0, 0.05) is 18.1 Å². The molecular weight excluding hydrogens is 274 g/mol. The zero-order valence-corrected chi connectivity index (χ0v) is 14.2. The van der Waals surface area contributed by atoms with Crippen molar-refractivity contribution in [3.05, 3.63) is 29.6 Å². The third-order valence-electron chi connectivity index (χ3n) is 3.86. The summed E-state index contributed by atoms with van der Waals surface area (Å²) in [7, 11) is 0. The Balaban J connectivity index is 2.20. The van der Waals surface area contributed by atoms with E-state index in [4.69, 9.17) is 5.11 Å². The Bertz CT molecular complexity index is 417. The summed E-state index contributed by atoms with van der Waals surface area (Å²) in [6.45, 7) is 8.56. The van der Waals surface area contributed by atoms with Crippen molar-refractivity contribution < 1.29 is 5.11 Å². The Hall–Kier alpha value is -1.26. The van der Waals surface area contributed by atoms with Gasteiger partial charge in [0.25, 0.3) is 0 Å². The fourth-order valence-electron chi connectivity index (χ4n) is 2.48. The first-order valence-electron chi connectivity index (χ1n) is 8.58. The Morgan fingerprint density at radius 1 is 1.18 bits per heavy atom. The molecular formula is C18H31N3O. The van der Waals surface area contributed by atoms with Crippen LogP contribution in [0.15, 0.2) is 23.3 Å². The summed E-state index contributed by atoms with van der Waals surface area (Å²) in [5, 5.41) is 8.72. The molecule has 22 heavy (non-hydrogen) atoms. The minimum atomic E-state index is 0.0991. The van der Waals surface area contributed by atoms with Gasteiger partial charge in [-0.2, -0.15) is 0 Å². The molecule has 0 amide bonds. The fourth-order valence-corrected chi connectivity index (χ4v) is 2.48. The summed E-state index contributed by atoms with van der Waals surface area (Å²) in [6.07, 6.45) is 9.75. The van der Waals surface area contributed by atoms with E-state index in [1.807, 2.05) is 18.5 Å². The van der Waals surface area contributed by atoms with Gasteiger partial charge in [-0.1, -0.05) is 26.7 Å². The lowest BCUT2D eigenvalue weighted by Gasteiger charge is -2.17. The highest BCUT2D eigenvalue weighted by molar-refractivity contribution is 5.79. The van der Waals surface area contributed by atoms with E-state index >= 15 is 0 Å².